The van der Waals surface area contributed by atoms with Crippen molar-refractivity contribution in [3.63, 3.8) is 0 Å². The molecule has 41 heavy (non-hydrogen) atoms. The standard InChI is InChI=1S/C32H41N3O5S/c1-7-25-16-12-13-20-29(25)35(41(38,39)27-18-10-9-11-19-27)23-30(36)34(22-24-15-14-17-26(21-24)40-6)28(8-2)31(37)33-32(3,4)5/h9-21,28H,7-8,22-23H2,1-6H3,(H,33,37)/t28-/m1/s1. The van der Waals surface area contributed by atoms with Crippen LogP contribution in [0.4, 0.5) is 5.69 Å². The zero-order chi connectivity index (χ0) is 30.2. The van der Waals surface area contributed by atoms with Crippen LogP contribution in [0.3, 0.4) is 0 Å². The van der Waals surface area contributed by atoms with Gasteiger partial charge in [0.2, 0.25) is 11.8 Å². The van der Waals surface area contributed by atoms with Gasteiger partial charge in [0.25, 0.3) is 10.0 Å². The molecule has 0 saturated heterocycles. The van der Waals surface area contributed by atoms with Crippen molar-refractivity contribution in [3.8, 4) is 5.75 Å². The minimum atomic E-state index is -4.12. The highest BCUT2D eigenvalue weighted by Crippen LogP contribution is 2.28. The van der Waals surface area contributed by atoms with Gasteiger partial charge in [-0.1, -0.05) is 62.4 Å². The molecule has 3 rings (SSSR count). The number of carbonyl (C=O) groups excluding carboxylic acids is 2. The molecular weight excluding hydrogens is 538 g/mol. The molecule has 0 spiro atoms. The summed E-state index contributed by atoms with van der Waals surface area (Å²) in [6.45, 7) is 9.03. The summed E-state index contributed by atoms with van der Waals surface area (Å²) in [4.78, 5) is 29.3. The van der Waals surface area contributed by atoms with Crippen molar-refractivity contribution < 1.29 is 22.7 Å². The molecule has 220 valence electrons. The van der Waals surface area contributed by atoms with E-state index in [1.54, 1.807) is 49.6 Å². The Kier molecular flexibility index (Phi) is 10.6. The first-order valence-corrected chi connectivity index (χ1v) is 15.2. The molecule has 0 unspecified atom stereocenters. The highest BCUT2D eigenvalue weighted by molar-refractivity contribution is 7.92. The van der Waals surface area contributed by atoms with E-state index in [9.17, 15) is 18.0 Å². The van der Waals surface area contributed by atoms with Gasteiger partial charge >= 0.3 is 0 Å². The van der Waals surface area contributed by atoms with Gasteiger partial charge in [0.05, 0.1) is 17.7 Å². The molecule has 0 heterocycles. The van der Waals surface area contributed by atoms with Crippen LogP contribution in [-0.4, -0.2) is 50.4 Å². The van der Waals surface area contributed by atoms with E-state index in [1.165, 1.54) is 17.0 Å². The summed E-state index contributed by atoms with van der Waals surface area (Å²) >= 11 is 0. The van der Waals surface area contributed by atoms with Crippen LogP contribution in [0.5, 0.6) is 5.75 Å². The quantitative estimate of drug-likeness (QED) is 0.319. The number of aryl methyl sites for hydroxylation is 1. The van der Waals surface area contributed by atoms with E-state index in [-0.39, 0.29) is 17.3 Å². The van der Waals surface area contributed by atoms with Crippen LogP contribution in [0.2, 0.25) is 0 Å². The van der Waals surface area contributed by atoms with Crippen LogP contribution in [0, 0.1) is 0 Å². The average molecular weight is 580 g/mol. The Morgan fingerprint density at radius 1 is 0.927 bits per heavy atom. The van der Waals surface area contributed by atoms with Crippen LogP contribution < -0.4 is 14.4 Å². The summed E-state index contributed by atoms with van der Waals surface area (Å²) in [7, 11) is -2.55. The van der Waals surface area contributed by atoms with Crippen LogP contribution in [-0.2, 0) is 32.6 Å². The number of carbonyl (C=O) groups is 2. The van der Waals surface area contributed by atoms with Crippen LogP contribution in [0.1, 0.15) is 52.2 Å². The maximum Gasteiger partial charge on any atom is 0.264 e. The van der Waals surface area contributed by atoms with Gasteiger partial charge in [-0.05, 0) is 75.1 Å². The summed E-state index contributed by atoms with van der Waals surface area (Å²) in [5.41, 5.74) is 1.46. The van der Waals surface area contributed by atoms with Gasteiger partial charge in [-0.25, -0.2) is 8.42 Å². The second kappa shape index (κ2) is 13.7. The summed E-state index contributed by atoms with van der Waals surface area (Å²) in [5.74, 6) is -0.177. The fourth-order valence-corrected chi connectivity index (χ4v) is 6.10. The lowest BCUT2D eigenvalue weighted by atomic mass is 10.1. The lowest BCUT2D eigenvalue weighted by Crippen LogP contribution is -2.55. The summed E-state index contributed by atoms with van der Waals surface area (Å²) in [6, 6.07) is 21.7. The highest BCUT2D eigenvalue weighted by Gasteiger charge is 2.35. The Morgan fingerprint density at radius 2 is 1.59 bits per heavy atom. The molecule has 0 radical (unpaired) electrons. The van der Waals surface area contributed by atoms with Gasteiger partial charge < -0.3 is 15.0 Å². The lowest BCUT2D eigenvalue weighted by molar-refractivity contribution is -0.141. The first kappa shape index (κ1) is 31.7. The molecular formula is C32H41N3O5S. The fourth-order valence-electron chi connectivity index (χ4n) is 4.63. The summed E-state index contributed by atoms with van der Waals surface area (Å²) in [6.07, 6.45) is 0.916. The minimum Gasteiger partial charge on any atom is -0.497 e. The van der Waals surface area contributed by atoms with Gasteiger partial charge in [0.15, 0.2) is 0 Å². The highest BCUT2D eigenvalue weighted by atomic mass is 32.2. The monoisotopic (exact) mass is 579 g/mol. The first-order valence-electron chi connectivity index (χ1n) is 13.8. The Hall–Kier alpha value is -3.85. The van der Waals surface area contributed by atoms with Crippen LogP contribution in [0.15, 0.2) is 83.8 Å². The number of rotatable bonds is 12. The maximum absolute atomic E-state index is 14.2. The summed E-state index contributed by atoms with van der Waals surface area (Å²) < 4.78 is 34.6. The predicted octanol–water partition coefficient (Wildman–Crippen LogP) is 5.18. The third-order valence-corrected chi connectivity index (χ3v) is 8.40. The zero-order valence-electron chi connectivity index (χ0n) is 24.8. The van der Waals surface area contributed by atoms with E-state index < -0.39 is 34.1 Å². The largest absolute Gasteiger partial charge is 0.497 e. The Morgan fingerprint density at radius 3 is 2.20 bits per heavy atom. The number of nitrogens with one attached hydrogen (secondary N) is 1. The number of hydrogen-bond acceptors (Lipinski definition) is 5. The lowest BCUT2D eigenvalue weighted by Gasteiger charge is -2.35. The van der Waals surface area contributed by atoms with Crippen molar-refractivity contribution in [2.75, 3.05) is 18.0 Å². The number of ether oxygens (including phenoxy) is 1. The molecule has 1 atom stereocenters. The molecule has 0 bridgehead atoms. The average Bonchev–Trinajstić information content (AvgIpc) is 2.95. The van der Waals surface area contributed by atoms with Crippen molar-refractivity contribution in [1.82, 2.24) is 10.2 Å². The molecule has 0 aliphatic heterocycles. The number of nitrogens with zero attached hydrogens (tertiary/aromatic N) is 2. The van der Waals surface area contributed by atoms with E-state index in [4.69, 9.17) is 4.74 Å². The van der Waals surface area contributed by atoms with Crippen LogP contribution >= 0.6 is 0 Å². The van der Waals surface area contributed by atoms with Crippen molar-refractivity contribution in [1.29, 1.82) is 0 Å². The molecule has 0 aliphatic carbocycles. The van der Waals surface area contributed by atoms with E-state index >= 15 is 0 Å². The molecule has 8 nitrogen and oxygen atoms in total. The third-order valence-electron chi connectivity index (χ3n) is 6.62. The fraction of sp³-hybridized carbons (Fsp3) is 0.375. The topological polar surface area (TPSA) is 96.0 Å². The SMILES string of the molecule is CCc1ccccc1N(CC(=O)N(Cc1cccc(OC)c1)[C@H](CC)C(=O)NC(C)(C)C)S(=O)(=O)c1ccccc1. The molecule has 0 fully saturated rings. The molecule has 0 aromatic heterocycles. The van der Waals surface area contributed by atoms with E-state index in [1.807, 2.05) is 58.9 Å². The number of para-hydroxylation sites is 1. The number of amides is 2. The zero-order valence-corrected chi connectivity index (χ0v) is 25.6. The second-order valence-corrected chi connectivity index (χ2v) is 12.7. The van der Waals surface area contributed by atoms with Gasteiger partial charge in [-0.15, -0.1) is 0 Å². The molecule has 0 aliphatic rings. The van der Waals surface area contributed by atoms with E-state index in [0.717, 1.165) is 15.4 Å². The number of anilines is 1. The minimum absolute atomic E-state index is 0.0792. The van der Waals surface area contributed by atoms with Gasteiger partial charge in [-0.3, -0.25) is 13.9 Å². The molecule has 2 amide bonds. The molecule has 0 saturated carbocycles. The van der Waals surface area contributed by atoms with Crippen molar-refractivity contribution in [3.05, 3.63) is 90.0 Å². The number of methoxy groups -OCH3 is 1. The van der Waals surface area contributed by atoms with Crippen molar-refractivity contribution in [2.24, 2.45) is 0 Å². The van der Waals surface area contributed by atoms with Crippen molar-refractivity contribution in [2.45, 2.75) is 70.5 Å². The Labute approximate surface area is 244 Å². The number of sulfonamides is 1. The van der Waals surface area contributed by atoms with Gasteiger partial charge in [-0.2, -0.15) is 0 Å². The molecule has 1 N–H and O–H groups in total. The Bertz CT molecular complexity index is 1430. The third kappa shape index (κ3) is 8.10. The summed E-state index contributed by atoms with van der Waals surface area (Å²) in [5, 5.41) is 2.98. The van der Waals surface area contributed by atoms with Crippen LogP contribution in [0.25, 0.3) is 0 Å². The van der Waals surface area contributed by atoms with Gasteiger partial charge in [0, 0.05) is 12.1 Å². The normalized spacial score (nSPS) is 12.3. The number of hydrogen-bond donors (Lipinski definition) is 1. The second-order valence-electron chi connectivity index (χ2n) is 10.8. The van der Waals surface area contributed by atoms with E-state index in [0.29, 0.717) is 24.3 Å². The van der Waals surface area contributed by atoms with Gasteiger partial charge in [0.1, 0.15) is 18.3 Å². The van der Waals surface area contributed by atoms with E-state index in [2.05, 4.69) is 5.32 Å². The smallest absolute Gasteiger partial charge is 0.264 e. The first-order chi connectivity index (χ1) is 19.4. The molecule has 3 aromatic rings. The number of benzene rings is 3. The predicted molar refractivity (Wildman–Crippen MR) is 162 cm³/mol. The Balaban J connectivity index is 2.11. The maximum atomic E-state index is 14.2. The molecule has 3 aromatic carbocycles. The molecule has 9 heteroatoms. The van der Waals surface area contributed by atoms with Crippen molar-refractivity contribution >= 4 is 27.5 Å².